The molecule has 5 heteroatoms. The maximum absolute atomic E-state index is 11.0. The molecule has 1 aromatic carbocycles. The molecule has 0 spiro atoms. The molecule has 1 N–H and O–H groups in total. The van der Waals surface area contributed by atoms with Crippen LogP contribution in [0.4, 0.5) is 5.69 Å². The van der Waals surface area contributed by atoms with Crippen molar-refractivity contribution < 1.29 is 9.66 Å². The van der Waals surface area contributed by atoms with E-state index in [-0.39, 0.29) is 16.7 Å². The maximum Gasteiger partial charge on any atom is 0.310 e. The first-order chi connectivity index (χ1) is 9.20. The summed E-state index contributed by atoms with van der Waals surface area (Å²) in [5, 5.41) is 14.1. The van der Waals surface area contributed by atoms with Crippen LogP contribution >= 0.6 is 0 Å². The van der Waals surface area contributed by atoms with E-state index in [1.54, 1.807) is 12.1 Å². The standard InChI is InChI=1S/C14H20N2O3/c1-15-10-11-7-8-13(16(17)18)14(9-11)19-12-5-3-2-4-6-12/h7-9,12,15H,2-6,10H2,1H3. The Morgan fingerprint density at radius 2 is 2.11 bits per heavy atom. The van der Waals surface area contributed by atoms with Gasteiger partial charge in [-0.05, 0) is 44.4 Å². The van der Waals surface area contributed by atoms with Crippen molar-refractivity contribution in [3.8, 4) is 5.75 Å². The van der Waals surface area contributed by atoms with Gasteiger partial charge in [0.05, 0.1) is 11.0 Å². The summed E-state index contributed by atoms with van der Waals surface area (Å²) in [5.41, 5.74) is 1.06. The molecule has 2 rings (SSSR count). The molecule has 5 nitrogen and oxygen atoms in total. The highest BCUT2D eigenvalue weighted by Gasteiger charge is 2.21. The third-order valence-electron chi connectivity index (χ3n) is 3.45. The molecule has 0 atom stereocenters. The molecule has 0 heterocycles. The summed E-state index contributed by atoms with van der Waals surface area (Å²) < 4.78 is 5.87. The average Bonchev–Trinajstić information content (AvgIpc) is 2.40. The lowest BCUT2D eigenvalue weighted by molar-refractivity contribution is -0.386. The SMILES string of the molecule is CNCc1ccc([N+](=O)[O-])c(OC2CCCCC2)c1. The van der Waals surface area contributed by atoms with Gasteiger partial charge in [-0.3, -0.25) is 10.1 Å². The van der Waals surface area contributed by atoms with Gasteiger partial charge in [-0.2, -0.15) is 0 Å². The lowest BCUT2D eigenvalue weighted by Crippen LogP contribution is -2.20. The normalized spacial score (nSPS) is 16.3. The van der Waals surface area contributed by atoms with Crippen molar-refractivity contribution in [2.75, 3.05) is 7.05 Å². The van der Waals surface area contributed by atoms with Gasteiger partial charge in [0.25, 0.3) is 0 Å². The highest BCUT2D eigenvalue weighted by Crippen LogP contribution is 2.31. The Morgan fingerprint density at radius 3 is 2.74 bits per heavy atom. The van der Waals surface area contributed by atoms with Crippen LogP contribution in [0.1, 0.15) is 37.7 Å². The van der Waals surface area contributed by atoms with Gasteiger partial charge in [0, 0.05) is 12.6 Å². The molecule has 1 aliphatic carbocycles. The molecule has 0 unspecified atom stereocenters. The summed E-state index contributed by atoms with van der Waals surface area (Å²) in [5.74, 6) is 0.407. The summed E-state index contributed by atoms with van der Waals surface area (Å²) in [6, 6.07) is 5.08. The number of hydrogen-bond acceptors (Lipinski definition) is 4. The minimum absolute atomic E-state index is 0.0606. The molecule has 1 aromatic rings. The summed E-state index contributed by atoms with van der Waals surface area (Å²) in [6.07, 6.45) is 5.64. The van der Waals surface area contributed by atoms with Gasteiger partial charge in [0.2, 0.25) is 0 Å². The van der Waals surface area contributed by atoms with Crippen LogP contribution in [-0.4, -0.2) is 18.1 Å². The molecule has 0 saturated heterocycles. The quantitative estimate of drug-likeness (QED) is 0.656. The molecule has 1 fully saturated rings. The first kappa shape index (κ1) is 13.8. The summed E-state index contributed by atoms with van der Waals surface area (Å²) in [4.78, 5) is 10.7. The largest absolute Gasteiger partial charge is 0.483 e. The van der Waals surface area contributed by atoms with Gasteiger partial charge in [-0.1, -0.05) is 12.5 Å². The minimum atomic E-state index is -0.374. The van der Waals surface area contributed by atoms with E-state index in [2.05, 4.69) is 5.32 Å². The lowest BCUT2D eigenvalue weighted by atomic mass is 9.98. The molecule has 1 aliphatic rings. The number of hydrogen-bond donors (Lipinski definition) is 1. The first-order valence-electron chi connectivity index (χ1n) is 6.79. The minimum Gasteiger partial charge on any atom is -0.483 e. The molecule has 1 saturated carbocycles. The van der Waals surface area contributed by atoms with Crippen molar-refractivity contribution in [2.45, 2.75) is 44.8 Å². The third kappa shape index (κ3) is 3.67. The Bertz CT molecular complexity index is 442. The predicted octanol–water partition coefficient (Wildman–Crippen LogP) is 3.03. The van der Waals surface area contributed by atoms with E-state index >= 15 is 0 Å². The zero-order valence-electron chi connectivity index (χ0n) is 11.2. The number of benzene rings is 1. The van der Waals surface area contributed by atoms with Crippen molar-refractivity contribution in [1.29, 1.82) is 0 Å². The molecule has 0 aromatic heterocycles. The number of nitro benzene ring substituents is 1. The summed E-state index contributed by atoms with van der Waals surface area (Å²) in [7, 11) is 1.85. The first-order valence-corrected chi connectivity index (χ1v) is 6.79. The Hall–Kier alpha value is -1.62. The molecular weight excluding hydrogens is 244 g/mol. The van der Waals surface area contributed by atoms with Crippen molar-refractivity contribution in [3.05, 3.63) is 33.9 Å². The highest BCUT2D eigenvalue weighted by atomic mass is 16.6. The van der Waals surface area contributed by atoms with Crippen LogP contribution in [0.15, 0.2) is 18.2 Å². The number of nitro groups is 1. The molecular formula is C14H20N2O3. The molecule has 104 valence electrons. The lowest BCUT2D eigenvalue weighted by Gasteiger charge is -2.23. The van der Waals surface area contributed by atoms with Crippen LogP contribution in [0.3, 0.4) is 0 Å². The molecule has 19 heavy (non-hydrogen) atoms. The van der Waals surface area contributed by atoms with Gasteiger partial charge in [-0.15, -0.1) is 0 Å². The zero-order chi connectivity index (χ0) is 13.7. The van der Waals surface area contributed by atoms with Crippen molar-refractivity contribution in [3.63, 3.8) is 0 Å². The summed E-state index contributed by atoms with van der Waals surface area (Å²) in [6.45, 7) is 0.680. The Morgan fingerprint density at radius 1 is 1.37 bits per heavy atom. The number of rotatable bonds is 5. The smallest absolute Gasteiger partial charge is 0.310 e. The van der Waals surface area contributed by atoms with Gasteiger partial charge in [-0.25, -0.2) is 0 Å². The number of nitrogens with one attached hydrogen (secondary N) is 1. The highest BCUT2D eigenvalue weighted by molar-refractivity contribution is 5.48. The average molecular weight is 264 g/mol. The molecule has 0 aliphatic heterocycles. The van der Waals surface area contributed by atoms with E-state index in [4.69, 9.17) is 4.74 Å². The Labute approximate surface area is 113 Å². The second kappa shape index (κ2) is 6.52. The van der Waals surface area contributed by atoms with Gasteiger partial charge in [0.15, 0.2) is 5.75 Å². The van der Waals surface area contributed by atoms with Crippen molar-refractivity contribution in [2.24, 2.45) is 0 Å². The van der Waals surface area contributed by atoms with Gasteiger partial charge in [0.1, 0.15) is 0 Å². The number of nitrogens with zero attached hydrogens (tertiary/aromatic N) is 1. The molecule has 0 bridgehead atoms. The molecule has 0 amide bonds. The zero-order valence-corrected chi connectivity index (χ0v) is 11.2. The van der Waals surface area contributed by atoms with Crippen LogP contribution < -0.4 is 10.1 Å². The third-order valence-corrected chi connectivity index (χ3v) is 3.45. The fourth-order valence-electron chi connectivity index (χ4n) is 2.48. The Kier molecular flexibility index (Phi) is 4.74. The van der Waals surface area contributed by atoms with E-state index in [1.807, 2.05) is 7.05 Å². The molecule has 0 radical (unpaired) electrons. The van der Waals surface area contributed by atoms with E-state index in [0.29, 0.717) is 12.3 Å². The predicted molar refractivity (Wildman–Crippen MR) is 73.4 cm³/mol. The topological polar surface area (TPSA) is 64.4 Å². The van der Waals surface area contributed by atoms with E-state index in [1.165, 1.54) is 12.5 Å². The fourth-order valence-corrected chi connectivity index (χ4v) is 2.48. The fraction of sp³-hybridized carbons (Fsp3) is 0.571. The Balaban J connectivity index is 2.18. The van der Waals surface area contributed by atoms with Crippen LogP contribution in [-0.2, 0) is 6.54 Å². The summed E-state index contributed by atoms with van der Waals surface area (Å²) >= 11 is 0. The number of ether oxygens (including phenoxy) is 1. The van der Waals surface area contributed by atoms with E-state index in [0.717, 1.165) is 31.2 Å². The van der Waals surface area contributed by atoms with Crippen LogP contribution in [0.25, 0.3) is 0 Å². The van der Waals surface area contributed by atoms with Gasteiger partial charge >= 0.3 is 5.69 Å². The van der Waals surface area contributed by atoms with Crippen LogP contribution in [0.5, 0.6) is 5.75 Å². The van der Waals surface area contributed by atoms with Gasteiger partial charge < -0.3 is 10.1 Å². The maximum atomic E-state index is 11.0. The van der Waals surface area contributed by atoms with Crippen LogP contribution in [0, 0.1) is 10.1 Å². The monoisotopic (exact) mass is 264 g/mol. The second-order valence-electron chi connectivity index (χ2n) is 4.97. The van der Waals surface area contributed by atoms with Crippen molar-refractivity contribution in [1.82, 2.24) is 5.32 Å². The van der Waals surface area contributed by atoms with E-state index < -0.39 is 0 Å². The second-order valence-corrected chi connectivity index (χ2v) is 4.97. The van der Waals surface area contributed by atoms with Crippen molar-refractivity contribution >= 4 is 5.69 Å². The van der Waals surface area contributed by atoms with Crippen LogP contribution in [0.2, 0.25) is 0 Å². The van der Waals surface area contributed by atoms with E-state index in [9.17, 15) is 10.1 Å².